The fourth-order valence-electron chi connectivity index (χ4n) is 3.23. The molecule has 28 heavy (non-hydrogen) atoms. The van der Waals surface area contributed by atoms with Gasteiger partial charge in [-0.05, 0) is 42.2 Å². The molecule has 0 saturated carbocycles. The summed E-state index contributed by atoms with van der Waals surface area (Å²) in [4.78, 5) is 17.8. The molecule has 3 aromatic rings. The van der Waals surface area contributed by atoms with Gasteiger partial charge in [-0.15, -0.1) is 5.10 Å². The molecule has 146 valence electrons. The largest absolute Gasteiger partial charge is 0.322 e. The molecule has 0 atom stereocenters. The topological polar surface area (TPSA) is 63.1 Å². The van der Waals surface area contributed by atoms with Gasteiger partial charge in [0.1, 0.15) is 17.7 Å². The molecule has 0 bridgehead atoms. The van der Waals surface area contributed by atoms with E-state index in [1.165, 1.54) is 27.8 Å². The number of hydrogen-bond donors (Lipinski definition) is 1. The predicted octanol–water partition coefficient (Wildman–Crippen LogP) is 3.94. The molecule has 8 heteroatoms. The van der Waals surface area contributed by atoms with Gasteiger partial charge in [-0.3, -0.25) is 0 Å². The van der Waals surface area contributed by atoms with E-state index in [-0.39, 0.29) is 18.8 Å². The van der Waals surface area contributed by atoms with Crippen LogP contribution in [0.15, 0.2) is 36.7 Å². The van der Waals surface area contributed by atoms with E-state index >= 15 is 0 Å². The van der Waals surface area contributed by atoms with Crippen LogP contribution in [-0.2, 0) is 6.42 Å². The van der Waals surface area contributed by atoms with Crippen molar-refractivity contribution < 1.29 is 13.6 Å². The highest BCUT2D eigenvalue weighted by atomic mass is 19.1. The Balaban J connectivity index is 1.60. The Labute approximate surface area is 161 Å². The number of rotatable bonds is 4. The highest BCUT2D eigenvalue weighted by Crippen LogP contribution is 2.23. The average Bonchev–Trinajstić information content (AvgIpc) is 3.03. The van der Waals surface area contributed by atoms with Gasteiger partial charge in [0.25, 0.3) is 0 Å². The maximum Gasteiger partial charge on any atom is 0.322 e. The molecule has 4 rings (SSSR count). The molecule has 1 aromatic carbocycles. The molecule has 0 aliphatic carbocycles. The van der Waals surface area contributed by atoms with Gasteiger partial charge in [-0.2, -0.15) is 0 Å². The summed E-state index contributed by atoms with van der Waals surface area (Å²) in [5, 5.41) is 7.83. The fraction of sp³-hybridized carbons (Fsp3) is 0.350. The lowest BCUT2D eigenvalue weighted by Gasteiger charge is -2.34. The van der Waals surface area contributed by atoms with Gasteiger partial charge in [0.05, 0.1) is 13.1 Å². The summed E-state index contributed by atoms with van der Waals surface area (Å²) in [5.41, 5.74) is 2.24. The number of hydrogen-bond acceptors (Lipinski definition) is 3. The Morgan fingerprint density at radius 1 is 1.32 bits per heavy atom. The second-order valence-corrected chi connectivity index (χ2v) is 7.53. The van der Waals surface area contributed by atoms with E-state index in [1.54, 1.807) is 12.4 Å². The molecule has 0 unspecified atom stereocenters. The van der Waals surface area contributed by atoms with Gasteiger partial charge in [-0.1, -0.05) is 13.8 Å². The van der Waals surface area contributed by atoms with Crippen molar-refractivity contribution in [2.75, 3.05) is 18.4 Å². The highest BCUT2D eigenvalue weighted by molar-refractivity contribution is 5.90. The molecular formula is C20H21F2N5O. The number of nitrogens with zero attached hydrogens (tertiary/aromatic N) is 4. The number of amides is 2. The smallest absolute Gasteiger partial charge is 0.319 e. The van der Waals surface area contributed by atoms with E-state index in [0.717, 1.165) is 17.4 Å². The third-order valence-corrected chi connectivity index (χ3v) is 4.63. The van der Waals surface area contributed by atoms with Gasteiger partial charge in [0.15, 0.2) is 5.65 Å². The third-order valence-electron chi connectivity index (χ3n) is 4.63. The Morgan fingerprint density at radius 2 is 2.11 bits per heavy atom. The number of pyridine rings is 1. The van der Waals surface area contributed by atoms with Crippen molar-refractivity contribution in [1.29, 1.82) is 0 Å². The van der Waals surface area contributed by atoms with Crippen molar-refractivity contribution in [2.24, 2.45) is 5.92 Å². The maximum absolute atomic E-state index is 14.4. The minimum Gasteiger partial charge on any atom is -0.319 e. The molecule has 0 spiro atoms. The van der Waals surface area contributed by atoms with Crippen LogP contribution < -0.4 is 5.32 Å². The average molecular weight is 385 g/mol. The summed E-state index contributed by atoms with van der Waals surface area (Å²) >= 11 is 0. The van der Waals surface area contributed by atoms with Crippen molar-refractivity contribution in [3.05, 3.63) is 48.0 Å². The second kappa shape index (κ2) is 7.18. The summed E-state index contributed by atoms with van der Waals surface area (Å²) < 4.78 is 28.7. The molecule has 1 aliphatic heterocycles. The number of anilines is 1. The zero-order valence-corrected chi connectivity index (χ0v) is 15.7. The van der Waals surface area contributed by atoms with E-state index < -0.39 is 18.0 Å². The second-order valence-electron chi connectivity index (χ2n) is 7.53. The van der Waals surface area contributed by atoms with E-state index in [4.69, 9.17) is 0 Å². The molecule has 0 radical (unpaired) electrons. The van der Waals surface area contributed by atoms with Gasteiger partial charge >= 0.3 is 6.03 Å². The van der Waals surface area contributed by atoms with E-state index in [2.05, 4.69) is 29.2 Å². The first kappa shape index (κ1) is 18.3. The van der Waals surface area contributed by atoms with Crippen LogP contribution in [0.5, 0.6) is 0 Å². The van der Waals surface area contributed by atoms with Crippen molar-refractivity contribution >= 4 is 22.8 Å². The Bertz CT molecular complexity index is 1030. The molecule has 1 aliphatic rings. The SMILES string of the molecule is CC(C)Cc1cnc2nn(-c3cc(NC(=O)N4CC(F)C4)ccc3F)cc2c1. The van der Waals surface area contributed by atoms with Crippen molar-refractivity contribution in [1.82, 2.24) is 19.7 Å². The number of likely N-dealkylation sites (tertiary alicyclic amines) is 1. The van der Waals surface area contributed by atoms with Crippen molar-refractivity contribution in [3.63, 3.8) is 0 Å². The van der Waals surface area contributed by atoms with Crippen LogP contribution in [0, 0.1) is 11.7 Å². The first-order chi connectivity index (χ1) is 13.4. The lowest BCUT2D eigenvalue weighted by atomic mass is 10.0. The summed E-state index contributed by atoms with van der Waals surface area (Å²) in [6.45, 7) is 4.43. The summed E-state index contributed by atoms with van der Waals surface area (Å²) in [6, 6.07) is 5.83. The van der Waals surface area contributed by atoms with E-state index in [9.17, 15) is 13.6 Å². The zero-order chi connectivity index (χ0) is 19.8. The van der Waals surface area contributed by atoms with E-state index in [0.29, 0.717) is 17.3 Å². The maximum atomic E-state index is 14.4. The molecule has 1 N–H and O–H groups in total. The molecular weight excluding hydrogens is 364 g/mol. The Kier molecular flexibility index (Phi) is 4.70. The van der Waals surface area contributed by atoms with Crippen LogP contribution in [0.25, 0.3) is 16.7 Å². The first-order valence-corrected chi connectivity index (χ1v) is 9.23. The van der Waals surface area contributed by atoms with Gasteiger partial charge < -0.3 is 10.2 Å². The first-order valence-electron chi connectivity index (χ1n) is 9.23. The molecule has 6 nitrogen and oxygen atoms in total. The number of nitrogens with one attached hydrogen (secondary N) is 1. The third kappa shape index (κ3) is 3.67. The standard InChI is InChI=1S/C20H21F2N5O/c1-12(2)5-13-6-14-9-27(25-19(14)23-8-13)18-7-16(3-4-17(18)22)24-20(28)26-10-15(21)11-26/h3-4,6-9,12,15H,5,10-11H2,1-2H3,(H,24,28). The van der Waals surface area contributed by atoms with Crippen LogP contribution in [0.2, 0.25) is 0 Å². The van der Waals surface area contributed by atoms with Gasteiger partial charge in [-0.25, -0.2) is 23.2 Å². The van der Waals surface area contributed by atoms with E-state index in [1.807, 2.05) is 6.07 Å². The molecule has 3 heterocycles. The van der Waals surface area contributed by atoms with Gasteiger partial charge in [0.2, 0.25) is 0 Å². The molecule has 2 amide bonds. The number of halogens is 2. The minimum atomic E-state index is -0.973. The number of alkyl halides is 1. The summed E-state index contributed by atoms with van der Waals surface area (Å²) in [5.74, 6) is 0.0343. The molecule has 2 aromatic heterocycles. The predicted molar refractivity (Wildman–Crippen MR) is 103 cm³/mol. The minimum absolute atomic E-state index is 0.0782. The van der Waals surface area contributed by atoms with Crippen LogP contribution in [0.1, 0.15) is 19.4 Å². The lowest BCUT2D eigenvalue weighted by molar-refractivity contribution is 0.0974. The molecule has 1 fully saturated rings. The summed E-state index contributed by atoms with van der Waals surface area (Å²) in [6.07, 6.45) is 3.44. The Hall–Kier alpha value is -3.03. The van der Waals surface area contributed by atoms with Crippen LogP contribution in [-0.4, -0.2) is 45.0 Å². The van der Waals surface area contributed by atoms with Crippen LogP contribution in [0.3, 0.4) is 0 Å². The quantitative estimate of drug-likeness (QED) is 0.740. The lowest BCUT2D eigenvalue weighted by Crippen LogP contribution is -2.53. The van der Waals surface area contributed by atoms with Crippen molar-refractivity contribution in [2.45, 2.75) is 26.4 Å². The Morgan fingerprint density at radius 3 is 2.82 bits per heavy atom. The van der Waals surface area contributed by atoms with Gasteiger partial charge in [0, 0.05) is 23.5 Å². The highest BCUT2D eigenvalue weighted by Gasteiger charge is 2.30. The zero-order valence-electron chi connectivity index (χ0n) is 15.7. The number of carbonyl (C=O) groups is 1. The number of carbonyl (C=O) groups excluding carboxylic acids is 1. The number of urea groups is 1. The number of benzene rings is 1. The number of fused-ring (bicyclic) bond motifs is 1. The fourth-order valence-corrected chi connectivity index (χ4v) is 3.23. The van der Waals surface area contributed by atoms with Crippen LogP contribution in [0.4, 0.5) is 19.3 Å². The van der Waals surface area contributed by atoms with Crippen molar-refractivity contribution in [3.8, 4) is 5.69 Å². The van der Waals surface area contributed by atoms with Crippen LogP contribution >= 0.6 is 0 Å². The monoisotopic (exact) mass is 385 g/mol. The number of aromatic nitrogens is 3. The molecule has 1 saturated heterocycles. The normalized spacial score (nSPS) is 14.5. The summed E-state index contributed by atoms with van der Waals surface area (Å²) in [7, 11) is 0.